The molecule has 6 nitrogen and oxygen atoms in total. The minimum absolute atomic E-state index is 0.0728. The van der Waals surface area contributed by atoms with Gasteiger partial charge in [0.05, 0.1) is 36.2 Å². The summed E-state index contributed by atoms with van der Waals surface area (Å²) in [7, 11) is 1.47. The lowest BCUT2D eigenvalue weighted by Crippen LogP contribution is -2.17. The number of nitrogens with two attached hydrogens (primary N) is 1. The summed E-state index contributed by atoms with van der Waals surface area (Å²) >= 11 is 0. The first kappa shape index (κ1) is 19.5. The van der Waals surface area contributed by atoms with Crippen LogP contribution >= 0.6 is 0 Å². The van der Waals surface area contributed by atoms with Gasteiger partial charge < -0.3 is 20.5 Å². The lowest BCUT2D eigenvalue weighted by atomic mass is 10.1. The van der Waals surface area contributed by atoms with Crippen molar-refractivity contribution in [2.45, 2.75) is 12.6 Å². The molecule has 140 valence electrons. The number of carbonyl (C=O) groups is 1. The molecule has 2 aromatic rings. The zero-order chi connectivity index (χ0) is 19.2. The van der Waals surface area contributed by atoms with Crippen LogP contribution in [-0.4, -0.2) is 31.2 Å². The molecule has 1 heterocycles. The normalized spacial score (nSPS) is 11.2. The van der Waals surface area contributed by atoms with Crippen molar-refractivity contribution in [3.8, 4) is 5.75 Å². The SMILES string of the molecule is COCCOc1ccc(C(F)(F)F)cc1NC(=O)Cc1ccc(N)cn1. The third-order valence-corrected chi connectivity index (χ3v) is 3.32. The van der Waals surface area contributed by atoms with E-state index in [-0.39, 0.29) is 31.1 Å². The molecule has 1 amide bonds. The average molecular weight is 369 g/mol. The van der Waals surface area contributed by atoms with Crippen molar-refractivity contribution in [2.75, 3.05) is 31.4 Å². The zero-order valence-electron chi connectivity index (χ0n) is 14.0. The molecule has 2 rings (SSSR count). The quantitative estimate of drug-likeness (QED) is 0.733. The van der Waals surface area contributed by atoms with Crippen LogP contribution in [0.15, 0.2) is 36.5 Å². The van der Waals surface area contributed by atoms with Gasteiger partial charge in [-0.25, -0.2) is 0 Å². The number of rotatable bonds is 7. The Labute approximate surface area is 148 Å². The molecule has 9 heteroatoms. The maximum atomic E-state index is 12.9. The number of anilines is 2. The van der Waals surface area contributed by atoms with E-state index in [4.69, 9.17) is 15.2 Å². The van der Waals surface area contributed by atoms with Gasteiger partial charge in [0.1, 0.15) is 12.4 Å². The third kappa shape index (κ3) is 5.62. The Morgan fingerprint density at radius 2 is 2.00 bits per heavy atom. The van der Waals surface area contributed by atoms with Crippen LogP contribution in [0, 0.1) is 0 Å². The van der Waals surface area contributed by atoms with E-state index >= 15 is 0 Å². The number of nitrogens with one attached hydrogen (secondary N) is 1. The number of pyridine rings is 1. The molecule has 3 N–H and O–H groups in total. The minimum atomic E-state index is -4.54. The molecule has 0 aliphatic carbocycles. The standard InChI is InChI=1S/C17H18F3N3O3/c1-25-6-7-26-15-5-2-11(17(18,19)20)8-14(15)23-16(24)9-13-4-3-12(21)10-22-13/h2-5,8,10H,6-7,9,21H2,1H3,(H,23,24). The second-order valence-corrected chi connectivity index (χ2v) is 5.36. The summed E-state index contributed by atoms with van der Waals surface area (Å²) in [5, 5.41) is 2.44. The van der Waals surface area contributed by atoms with Crippen LogP contribution in [-0.2, 0) is 22.1 Å². The second-order valence-electron chi connectivity index (χ2n) is 5.36. The summed E-state index contributed by atoms with van der Waals surface area (Å²) in [4.78, 5) is 16.2. The Bertz CT molecular complexity index is 749. The lowest BCUT2D eigenvalue weighted by Gasteiger charge is -2.15. The van der Waals surface area contributed by atoms with E-state index in [0.717, 1.165) is 18.2 Å². The number of nitrogen functional groups attached to an aromatic ring is 1. The highest BCUT2D eigenvalue weighted by molar-refractivity contribution is 5.93. The number of nitrogens with zero attached hydrogens (tertiary/aromatic N) is 1. The van der Waals surface area contributed by atoms with Crippen LogP contribution in [0.3, 0.4) is 0 Å². The third-order valence-electron chi connectivity index (χ3n) is 3.32. The minimum Gasteiger partial charge on any atom is -0.489 e. The molecule has 1 aromatic heterocycles. The van der Waals surface area contributed by atoms with Crippen LogP contribution in [0.25, 0.3) is 0 Å². The van der Waals surface area contributed by atoms with Crippen molar-refractivity contribution in [3.63, 3.8) is 0 Å². The lowest BCUT2D eigenvalue weighted by molar-refractivity contribution is -0.137. The van der Waals surface area contributed by atoms with Gasteiger partial charge in [0.2, 0.25) is 5.91 Å². The summed E-state index contributed by atoms with van der Waals surface area (Å²) in [5.74, 6) is -0.410. The van der Waals surface area contributed by atoms with Gasteiger partial charge in [-0.15, -0.1) is 0 Å². The Morgan fingerprint density at radius 3 is 2.62 bits per heavy atom. The van der Waals surface area contributed by atoms with E-state index in [1.807, 2.05) is 0 Å². The number of halogens is 3. The summed E-state index contributed by atoms with van der Waals surface area (Å²) in [6.07, 6.45) is -3.26. The number of alkyl halides is 3. The highest BCUT2D eigenvalue weighted by atomic mass is 19.4. The van der Waals surface area contributed by atoms with E-state index in [0.29, 0.717) is 11.4 Å². The largest absolute Gasteiger partial charge is 0.489 e. The average Bonchev–Trinajstić information content (AvgIpc) is 2.57. The van der Waals surface area contributed by atoms with E-state index in [9.17, 15) is 18.0 Å². The highest BCUT2D eigenvalue weighted by Crippen LogP contribution is 2.35. The molecule has 0 saturated carbocycles. The smallest absolute Gasteiger partial charge is 0.416 e. The predicted octanol–water partition coefficient (Wildman–Crippen LogP) is 2.89. The van der Waals surface area contributed by atoms with Crippen LogP contribution < -0.4 is 15.8 Å². The number of aromatic nitrogens is 1. The number of carbonyl (C=O) groups excluding carboxylic acids is 1. The summed E-state index contributed by atoms with van der Waals surface area (Å²) in [6.45, 7) is 0.383. The Morgan fingerprint density at radius 1 is 1.23 bits per heavy atom. The molecular formula is C17H18F3N3O3. The number of methoxy groups -OCH3 is 1. The van der Waals surface area contributed by atoms with Crippen LogP contribution in [0.2, 0.25) is 0 Å². The Balaban J connectivity index is 2.17. The van der Waals surface area contributed by atoms with Crippen LogP contribution in [0.5, 0.6) is 5.75 Å². The van der Waals surface area contributed by atoms with Crippen molar-refractivity contribution in [2.24, 2.45) is 0 Å². The number of amides is 1. The van der Waals surface area contributed by atoms with Crippen molar-refractivity contribution in [3.05, 3.63) is 47.8 Å². The first-order chi connectivity index (χ1) is 12.3. The molecule has 0 saturated heterocycles. The maximum absolute atomic E-state index is 12.9. The topological polar surface area (TPSA) is 86.5 Å². The van der Waals surface area contributed by atoms with Crippen LogP contribution in [0.1, 0.15) is 11.3 Å². The van der Waals surface area contributed by atoms with Crippen molar-refractivity contribution >= 4 is 17.3 Å². The van der Waals surface area contributed by atoms with E-state index in [2.05, 4.69) is 10.3 Å². The molecule has 0 fully saturated rings. The van der Waals surface area contributed by atoms with Crippen LogP contribution in [0.4, 0.5) is 24.5 Å². The fraction of sp³-hybridized carbons (Fsp3) is 0.294. The molecule has 0 bridgehead atoms. The molecule has 0 unspecified atom stereocenters. The van der Waals surface area contributed by atoms with Crippen molar-refractivity contribution in [1.29, 1.82) is 0 Å². The summed E-state index contributed by atoms with van der Waals surface area (Å²) < 4.78 is 49.0. The number of ether oxygens (including phenoxy) is 2. The molecule has 26 heavy (non-hydrogen) atoms. The predicted molar refractivity (Wildman–Crippen MR) is 89.8 cm³/mol. The fourth-order valence-corrected chi connectivity index (χ4v) is 2.06. The number of hydrogen-bond acceptors (Lipinski definition) is 5. The molecule has 0 radical (unpaired) electrons. The molecule has 0 spiro atoms. The van der Waals surface area contributed by atoms with Gasteiger partial charge in [-0.1, -0.05) is 0 Å². The molecule has 0 atom stereocenters. The van der Waals surface area contributed by atoms with Gasteiger partial charge in [-0.3, -0.25) is 9.78 Å². The van der Waals surface area contributed by atoms with Crippen molar-refractivity contribution in [1.82, 2.24) is 4.98 Å². The van der Waals surface area contributed by atoms with Gasteiger partial charge >= 0.3 is 6.18 Å². The molecule has 1 aromatic carbocycles. The zero-order valence-corrected chi connectivity index (χ0v) is 14.0. The maximum Gasteiger partial charge on any atom is 0.416 e. The second kappa shape index (κ2) is 8.52. The highest BCUT2D eigenvalue weighted by Gasteiger charge is 2.31. The van der Waals surface area contributed by atoms with Gasteiger partial charge in [0.25, 0.3) is 0 Å². The first-order valence-electron chi connectivity index (χ1n) is 7.63. The monoisotopic (exact) mass is 369 g/mol. The van der Waals surface area contributed by atoms with E-state index < -0.39 is 17.6 Å². The summed E-state index contributed by atoms with van der Waals surface area (Å²) in [5.41, 5.74) is 5.44. The van der Waals surface area contributed by atoms with E-state index in [1.165, 1.54) is 13.3 Å². The first-order valence-corrected chi connectivity index (χ1v) is 7.63. The van der Waals surface area contributed by atoms with Crippen molar-refractivity contribution < 1.29 is 27.4 Å². The van der Waals surface area contributed by atoms with Gasteiger partial charge in [-0.05, 0) is 30.3 Å². The Hall–Kier alpha value is -2.81. The van der Waals surface area contributed by atoms with Gasteiger partial charge in [-0.2, -0.15) is 13.2 Å². The number of benzene rings is 1. The van der Waals surface area contributed by atoms with Gasteiger partial charge in [0, 0.05) is 12.8 Å². The Kier molecular flexibility index (Phi) is 6.40. The van der Waals surface area contributed by atoms with E-state index in [1.54, 1.807) is 12.1 Å². The number of hydrogen-bond donors (Lipinski definition) is 2. The van der Waals surface area contributed by atoms with Gasteiger partial charge in [0.15, 0.2) is 0 Å². The molecule has 0 aliphatic heterocycles. The summed E-state index contributed by atoms with van der Waals surface area (Å²) in [6, 6.07) is 6.03. The fourth-order valence-electron chi connectivity index (χ4n) is 2.06. The molecule has 0 aliphatic rings. The molecular weight excluding hydrogens is 351 g/mol.